The zero-order chi connectivity index (χ0) is 25.9. The van der Waals surface area contributed by atoms with Gasteiger partial charge in [0.1, 0.15) is 28.7 Å². The van der Waals surface area contributed by atoms with E-state index in [0.29, 0.717) is 24.4 Å². The minimum absolute atomic E-state index is 0.0277. The average Bonchev–Trinajstić information content (AvgIpc) is 3.21. The highest BCUT2D eigenvalue weighted by Crippen LogP contribution is 2.59. The molecule has 3 aromatic rings. The van der Waals surface area contributed by atoms with Crippen LogP contribution in [0.15, 0.2) is 47.1 Å². The van der Waals surface area contributed by atoms with E-state index in [4.69, 9.17) is 0 Å². The van der Waals surface area contributed by atoms with Crippen molar-refractivity contribution < 1.29 is 14.4 Å². The lowest BCUT2D eigenvalue weighted by Crippen LogP contribution is -2.47. The number of nitrogens with one attached hydrogen (secondary N) is 1. The number of aryl methyl sites for hydroxylation is 1. The van der Waals surface area contributed by atoms with Crippen molar-refractivity contribution in [3.05, 3.63) is 63.9 Å². The SMILES string of the molecule is CC(=O)c1nn(CC(=O)N2[C@H](C(=O)Nc3nc(Br)c4cc3C/C=C\CC4)C[C@@]3(C)C[C@@H]23)c2ccccc12. The van der Waals surface area contributed by atoms with E-state index in [1.165, 1.54) is 6.92 Å². The molecule has 8 nitrogen and oxygen atoms in total. The van der Waals surface area contributed by atoms with Gasteiger partial charge in [0.15, 0.2) is 5.78 Å². The maximum atomic E-state index is 13.7. The van der Waals surface area contributed by atoms with Gasteiger partial charge in [0.2, 0.25) is 11.8 Å². The van der Waals surface area contributed by atoms with Crippen LogP contribution in [0.2, 0.25) is 0 Å². The maximum absolute atomic E-state index is 13.7. The number of allylic oxidation sites excluding steroid dienone is 2. The highest BCUT2D eigenvalue weighted by Gasteiger charge is 2.64. The van der Waals surface area contributed by atoms with Crippen LogP contribution in [-0.4, -0.2) is 49.3 Å². The van der Waals surface area contributed by atoms with Crippen LogP contribution in [0.1, 0.15) is 54.7 Å². The van der Waals surface area contributed by atoms with Gasteiger partial charge >= 0.3 is 0 Å². The number of nitrogens with zero attached hydrogens (tertiary/aromatic N) is 4. The van der Waals surface area contributed by atoms with E-state index < -0.39 is 6.04 Å². The molecule has 2 aliphatic carbocycles. The third-order valence-electron chi connectivity index (χ3n) is 7.96. The minimum Gasteiger partial charge on any atom is -0.325 e. The van der Waals surface area contributed by atoms with Gasteiger partial charge in [-0.3, -0.25) is 19.1 Å². The molecule has 2 fully saturated rings. The Morgan fingerprint density at radius 1 is 1.16 bits per heavy atom. The highest BCUT2D eigenvalue weighted by atomic mass is 79.9. The van der Waals surface area contributed by atoms with Gasteiger partial charge in [0.05, 0.1) is 5.52 Å². The van der Waals surface area contributed by atoms with E-state index in [9.17, 15) is 14.4 Å². The van der Waals surface area contributed by atoms with Gasteiger partial charge in [-0.25, -0.2) is 4.98 Å². The lowest BCUT2D eigenvalue weighted by atomic mass is 10.0. The van der Waals surface area contributed by atoms with Gasteiger partial charge < -0.3 is 10.2 Å². The van der Waals surface area contributed by atoms with Gasteiger partial charge in [-0.15, -0.1) is 0 Å². The number of fused-ring (bicyclic) bond motifs is 4. The van der Waals surface area contributed by atoms with Gasteiger partial charge in [-0.1, -0.05) is 37.3 Å². The van der Waals surface area contributed by atoms with E-state index >= 15 is 0 Å². The van der Waals surface area contributed by atoms with Crippen molar-refractivity contribution in [1.82, 2.24) is 19.7 Å². The first-order valence-corrected chi connectivity index (χ1v) is 13.5. The van der Waals surface area contributed by atoms with Crippen LogP contribution in [0.3, 0.4) is 0 Å². The normalized spacial score (nSPS) is 24.8. The molecule has 3 aliphatic rings. The molecule has 2 bridgehead atoms. The fourth-order valence-electron chi connectivity index (χ4n) is 5.86. The number of halogens is 1. The molecule has 0 spiro atoms. The molecule has 2 amide bonds. The zero-order valence-electron chi connectivity index (χ0n) is 20.8. The number of carbonyl (C=O) groups is 3. The second-order valence-corrected chi connectivity index (χ2v) is 11.4. The standard InChI is InChI=1S/C28H28BrN5O3/c1-16(35)24-19-10-6-7-11-20(19)33(32-24)15-23(36)34-21(13-28(2)14-22(28)34)27(37)31-26-18-9-5-3-4-8-17(12-18)25(29)30-26/h3,5-7,10-12,21-22H,4,8-9,13-15H2,1-2H3,(H,30,31,37)/b5-3-/t21-,22+,28-/m0/s1. The Labute approximate surface area is 223 Å². The van der Waals surface area contributed by atoms with E-state index in [1.807, 2.05) is 24.3 Å². The Balaban J connectivity index is 1.26. The fourth-order valence-corrected chi connectivity index (χ4v) is 6.35. The van der Waals surface area contributed by atoms with Gasteiger partial charge in [-0.2, -0.15) is 5.10 Å². The summed E-state index contributed by atoms with van der Waals surface area (Å²) in [4.78, 5) is 45.8. The molecule has 1 aromatic carbocycles. The van der Waals surface area contributed by atoms with Gasteiger partial charge in [0.25, 0.3) is 0 Å². The van der Waals surface area contributed by atoms with Crippen molar-refractivity contribution in [2.75, 3.05) is 5.32 Å². The summed E-state index contributed by atoms with van der Waals surface area (Å²) in [7, 11) is 0. The number of hydrogen-bond donors (Lipinski definition) is 1. The molecule has 0 unspecified atom stereocenters. The molecule has 6 rings (SSSR count). The third-order valence-corrected chi connectivity index (χ3v) is 8.64. The van der Waals surface area contributed by atoms with Crippen molar-refractivity contribution in [1.29, 1.82) is 0 Å². The Bertz CT molecular complexity index is 1490. The molecule has 1 saturated heterocycles. The topological polar surface area (TPSA) is 97.2 Å². The fraction of sp³-hybridized carbons (Fsp3) is 0.393. The molecule has 3 atom stereocenters. The number of anilines is 1. The van der Waals surface area contributed by atoms with E-state index in [1.54, 1.807) is 9.58 Å². The largest absolute Gasteiger partial charge is 0.325 e. The van der Waals surface area contributed by atoms with Crippen molar-refractivity contribution in [2.45, 2.75) is 64.6 Å². The van der Waals surface area contributed by atoms with Crippen LogP contribution in [-0.2, 0) is 29.0 Å². The average molecular weight is 562 g/mol. The summed E-state index contributed by atoms with van der Waals surface area (Å²) in [6.07, 6.45) is 8.31. The van der Waals surface area contributed by atoms with Gasteiger partial charge in [0, 0.05) is 18.4 Å². The van der Waals surface area contributed by atoms with Crippen molar-refractivity contribution >= 4 is 50.2 Å². The first-order valence-electron chi connectivity index (χ1n) is 12.7. The molecule has 37 heavy (non-hydrogen) atoms. The number of piperidine rings is 1. The number of aromatic nitrogens is 3. The summed E-state index contributed by atoms with van der Waals surface area (Å²) in [6.45, 7) is 3.58. The summed E-state index contributed by atoms with van der Waals surface area (Å²) in [6, 6.07) is 8.96. The highest BCUT2D eigenvalue weighted by molar-refractivity contribution is 9.10. The summed E-state index contributed by atoms with van der Waals surface area (Å²) >= 11 is 3.55. The number of hydrogen-bond acceptors (Lipinski definition) is 5. The van der Waals surface area contributed by atoms with Crippen molar-refractivity contribution in [3.63, 3.8) is 0 Å². The molecular formula is C28H28BrN5O3. The van der Waals surface area contributed by atoms with E-state index in [0.717, 1.165) is 45.9 Å². The van der Waals surface area contributed by atoms with Crippen LogP contribution in [0.4, 0.5) is 5.82 Å². The molecular weight excluding hydrogens is 534 g/mol. The Morgan fingerprint density at radius 2 is 1.97 bits per heavy atom. The number of para-hydroxylation sites is 1. The molecule has 1 aliphatic heterocycles. The predicted octanol–water partition coefficient (Wildman–Crippen LogP) is 4.46. The monoisotopic (exact) mass is 561 g/mol. The lowest BCUT2D eigenvalue weighted by Gasteiger charge is -2.27. The summed E-state index contributed by atoms with van der Waals surface area (Å²) in [5, 5.41) is 8.22. The first-order chi connectivity index (χ1) is 17.7. The van der Waals surface area contributed by atoms with E-state index in [-0.39, 0.29) is 35.6 Å². The Hall–Kier alpha value is -3.33. The summed E-state index contributed by atoms with van der Waals surface area (Å²) in [5.74, 6) is 0.00259. The number of ketones is 1. The van der Waals surface area contributed by atoms with E-state index in [2.05, 4.69) is 56.5 Å². The molecule has 2 aromatic heterocycles. The summed E-state index contributed by atoms with van der Waals surface area (Å²) in [5.41, 5.74) is 3.12. The Morgan fingerprint density at radius 3 is 2.78 bits per heavy atom. The molecule has 1 N–H and O–H groups in total. The molecule has 1 saturated carbocycles. The smallest absolute Gasteiger partial charge is 0.248 e. The number of Topliss-reactive ketones (excluding diaryl/α,β-unsaturated/α-hetero) is 1. The summed E-state index contributed by atoms with van der Waals surface area (Å²) < 4.78 is 2.32. The number of likely N-dealkylation sites (tertiary alicyclic amines) is 1. The maximum Gasteiger partial charge on any atom is 0.248 e. The number of carbonyl (C=O) groups excluding carboxylic acids is 3. The first kappa shape index (κ1) is 24.0. The van der Waals surface area contributed by atoms with Crippen molar-refractivity contribution in [2.24, 2.45) is 5.41 Å². The number of benzene rings is 1. The zero-order valence-corrected chi connectivity index (χ0v) is 22.4. The van der Waals surface area contributed by atoms with Crippen LogP contribution >= 0.6 is 15.9 Å². The van der Waals surface area contributed by atoms with Crippen LogP contribution in [0.5, 0.6) is 0 Å². The predicted molar refractivity (Wildman–Crippen MR) is 143 cm³/mol. The van der Waals surface area contributed by atoms with Crippen molar-refractivity contribution in [3.8, 4) is 0 Å². The van der Waals surface area contributed by atoms with Crippen LogP contribution in [0, 0.1) is 5.41 Å². The van der Waals surface area contributed by atoms with Gasteiger partial charge in [-0.05, 0) is 76.7 Å². The second-order valence-electron chi connectivity index (χ2n) is 10.6. The van der Waals surface area contributed by atoms with Crippen LogP contribution < -0.4 is 5.32 Å². The lowest BCUT2D eigenvalue weighted by molar-refractivity contribution is -0.138. The van der Waals surface area contributed by atoms with Crippen LogP contribution in [0.25, 0.3) is 10.9 Å². The molecule has 3 heterocycles. The number of rotatable bonds is 5. The second kappa shape index (κ2) is 8.90. The molecule has 9 heteroatoms. The Kier molecular flexibility index (Phi) is 5.78. The molecule has 0 radical (unpaired) electrons. The molecule has 190 valence electrons. The number of pyridine rings is 1. The quantitative estimate of drug-likeness (QED) is 0.282. The number of amides is 2. The minimum atomic E-state index is -0.582. The third kappa shape index (κ3) is 4.19.